The van der Waals surface area contributed by atoms with E-state index in [1.165, 1.54) is 0 Å². The van der Waals surface area contributed by atoms with Gasteiger partial charge in [0.15, 0.2) is 0 Å². The van der Waals surface area contributed by atoms with Crippen molar-refractivity contribution >= 4 is 0 Å². The van der Waals surface area contributed by atoms with Gasteiger partial charge in [-0.2, -0.15) is 0 Å². The maximum Gasteiger partial charge on any atom is 0.109 e. The summed E-state index contributed by atoms with van der Waals surface area (Å²) in [6.45, 7) is 4.05. The summed E-state index contributed by atoms with van der Waals surface area (Å²) in [5.74, 6) is 0. The van der Waals surface area contributed by atoms with E-state index in [4.69, 9.17) is 5.73 Å². The molecule has 0 aliphatic carbocycles. The molecule has 0 aliphatic rings. The molecule has 0 saturated carbocycles. The molecule has 2 N–H and O–H groups in total. The molecular formula is C7H16FN. The molecule has 0 aromatic carbocycles. The van der Waals surface area contributed by atoms with Crippen LogP contribution in [0.3, 0.4) is 0 Å². The van der Waals surface area contributed by atoms with Crippen LogP contribution >= 0.6 is 0 Å². The van der Waals surface area contributed by atoms with Gasteiger partial charge in [0.1, 0.15) is 5.67 Å². The fourth-order valence-electron chi connectivity index (χ4n) is 0.947. The van der Waals surface area contributed by atoms with Crippen molar-refractivity contribution in [1.82, 2.24) is 0 Å². The number of hydrogen-bond acceptors (Lipinski definition) is 1. The van der Waals surface area contributed by atoms with Crippen molar-refractivity contribution in [1.29, 1.82) is 0 Å². The van der Waals surface area contributed by atoms with Gasteiger partial charge in [-0.05, 0) is 26.3 Å². The fraction of sp³-hybridized carbons (Fsp3) is 1.00. The Labute approximate surface area is 56.4 Å². The zero-order chi connectivity index (χ0) is 7.33. The maximum atomic E-state index is 13.0. The van der Waals surface area contributed by atoms with Crippen LogP contribution in [0.15, 0.2) is 0 Å². The van der Waals surface area contributed by atoms with E-state index in [9.17, 15) is 4.39 Å². The Balaban J connectivity index is 3.43. The van der Waals surface area contributed by atoms with Crippen molar-refractivity contribution in [2.45, 2.75) is 38.8 Å². The Bertz CT molecular complexity index is 63.3. The largest absolute Gasteiger partial charge is 0.330 e. The summed E-state index contributed by atoms with van der Waals surface area (Å²) >= 11 is 0. The summed E-state index contributed by atoms with van der Waals surface area (Å²) in [4.78, 5) is 0. The number of halogens is 1. The van der Waals surface area contributed by atoms with Crippen LogP contribution in [-0.2, 0) is 0 Å². The molecule has 0 aromatic rings. The molecule has 0 aromatic heterocycles. The van der Waals surface area contributed by atoms with Crippen molar-refractivity contribution in [3.63, 3.8) is 0 Å². The fourth-order valence-corrected chi connectivity index (χ4v) is 0.947. The van der Waals surface area contributed by atoms with Gasteiger partial charge in [-0.1, -0.05) is 13.3 Å². The molecule has 0 bridgehead atoms. The summed E-state index contributed by atoms with van der Waals surface area (Å²) in [7, 11) is 0. The van der Waals surface area contributed by atoms with Gasteiger partial charge in [0, 0.05) is 0 Å². The molecule has 0 aliphatic heterocycles. The molecule has 56 valence electrons. The molecule has 0 saturated heterocycles. The Morgan fingerprint density at radius 3 is 2.33 bits per heavy atom. The van der Waals surface area contributed by atoms with Crippen molar-refractivity contribution < 1.29 is 4.39 Å². The van der Waals surface area contributed by atoms with Gasteiger partial charge >= 0.3 is 0 Å². The Morgan fingerprint density at radius 2 is 2.00 bits per heavy atom. The first kappa shape index (κ1) is 8.89. The normalized spacial score (nSPS) is 17.3. The minimum Gasteiger partial charge on any atom is -0.330 e. The average Bonchev–Trinajstić information content (AvgIpc) is 1.64. The van der Waals surface area contributed by atoms with Gasteiger partial charge in [-0.15, -0.1) is 0 Å². The molecule has 1 nitrogen and oxygen atoms in total. The van der Waals surface area contributed by atoms with Crippen LogP contribution in [0.5, 0.6) is 0 Å². The Morgan fingerprint density at radius 1 is 1.44 bits per heavy atom. The van der Waals surface area contributed by atoms with Gasteiger partial charge in [-0.25, -0.2) is 4.39 Å². The van der Waals surface area contributed by atoms with Gasteiger partial charge in [0.2, 0.25) is 0 Å². The van der Waals surface area contributed by atoms with E-state index < -0.39 is 5.67 Å². The van der Waals surface area contributed by atoms with Gasteiger partial charge in [-0.3, -0.25) is 0 Å². The second kappa shape index (κ2) is 3.83. The molecule has 2 heteroatoms. The van der Waals surface area contributed by atoms with Crippen LogP contribution in [0.1, 0.15) is 33.1 Å². The predicted molar refractivity (Wildman–Crippen MR) is 38.1 cm³/mol. The highest BCUT2D eigenvalue weighted by Crippen LogP contribution is 2.20. The molecular weight excluding hydrogens is 117 g/mol. The van der Waals surface area contributed by atoms with Gasteiger partial charge in [0.05, 0.1) is 0 Å². The van der Waals surface area contributed by atoms with E-state index in [1.54, 1.807) is 6.92 Å². The number of hydrogen-bond donors (Lipinski definition) is 1. The molecule has 0 radical (unpaired) electrons. The third-order valence-electron chi connectivity index (χ3n) is 1.44. The second-order valence-corrected chi connectivity index (χ2v) is 2.70. The highest BCUT2D eigenvalue weighted by Gasteiger charge is 2.19. The molecule has 9 heavy (non-hydrogen) atoms. The first-order valence-corrected chi connectivity index (χ1v) is 3.51. The van der Waals surface area contributed by atoms with E-state index in [-0.39, 0.29) is 0 Å². The summed E-state index contributed by atoms with van der Waals surface area (Å²) < 4.78 is 13.0. The van der Waals surface area contributed by atoms with Crippen LogP contribution in [0, 0.1) is 0 Å². The number of rotatable bonds is 4. The summed E-state index contributed by atoms with van der Waals surface area (Å²) in [5.41, 5.74) is 4.18. The second-order valence-electron chi connectivity index (χ2n) is 2.70. The molecule has 1 atom stereocenters. The average molecular weight is 133 g/mol. The van der Waals surface area contributed by atoms with E-state index in [0.717, 1.165) is 6.42 Å². The minimum atomic E-state index is -1.02. The Hall–Kier alpha value is -0.110. The molecule has 1 unspecified atom stereocenters. The third-order valence-corrected chi connectivity index (χ3v) is 1.44. The van der Waals surface area contributed by atoms with Crippen LogP contribution in [0.4, 0.5) is 4.39 Å². The molecule has 0 rings (SSSR count). The first-order chi connectivity index (χ1) is 4.12. The Kier molecular flexibility index (Phi) is 3.78. The lowest BCUT2D eigenvalue weighted by Crippen LogP contribution is -2.21. The van der Waals surface area contributed by atoms with E-state index >= 15 is 0 Å². The van der Waals surface area contributed by atoms with E-state index in [1.807, 2.05) is 6.92 Å². The van der Waals surface area contributed by atoms with Crippen molar-refractivity contribution in [2.24, 2.45) is 5.73 Å². The lowest BCUT2D eigenvalue weighted by atomic mass is 9.99. The van der Waals surface area contributed by atoms with E-state index in [2.05, 4.69) is 0 Å². The van der Waals surface area contributed by atoms with Crippen molar-refractivity contribution in [2.75, 3.05) is 6.54 Å². The predicted octanol–water partition coefficient (Wildman–Crippen LogP) is 1.86. The molecule has 0 spiro atoms. The van der Waals surface area contributed by atoms with Crippen molar-refractivity contribution in [3.8, 4) is 0 Å². The zero-order valence-corrected chi connectivity index (χ0v) is 6.28. The summed E-state index contributed by atoms with van der Waals surface area (Å²) in [5, 5.41) is 0. The molecule has 0 heterocycles. The maximum absolute atomic E-state index is 13.0. The smallest absolute Gasteiger partial charge is 0.109 e. The first-order valence-electron chi connectivity index (χ1n) is 3.51. The lowest BCUT2D eigenvalue weighted by molar-refractivity contribution is 0.163. The summed E-state index contributed by atoms with van der Waals surface area (Å²) in [6.07, 6.45) is 2.01. The standard InChI is InChI=1S/C7H16FN/c1-3-4-7(2,8)5-6-9/h3-6,9H2,1-2H3. The number of nitrogens with two attached hydrogens (primary N) is 1. The SMILES string of the molecule is CCCC(C)(F)CCN. The molecule has 0 amide bonds. The quantitative estimate of drug-likeness (QED) is 0.622. The highest BCUT2D eigenvalue weighted by molar-refractivity contribution is 4.72. The minimum absolute atomic E-state index is 0.451. The van der Waals surface area contributed by atoms with Gasteiger partial charge < -0.3 is 5.73 Å². The number of alkyl halides is 1. The van der Waals surface area contributed by atoms with Crippen LogP contribution in [0.2, 0.25) is 0 Å². The monoisotopic (exact) mass is 133 g/mol. The summed E-state index contributed by atoms with van der Waals surface area (Å²) in [6, 6.07) is 0. The highest BCUT2D eigenvalue weighted by atomic mass is 19.1. The third kappa shape index (κ3) is 4.40. The van der Waals surface area contributed by atoms with Crippen molar-refractivity contribution in [3.05, 3.63) is 0 Å². The molecule has 0 fully saturated rings. The van der Waals surface area contributed by atoms with Crippen LogP contribution < -0.4 is 5.73 Å². The van der Waals surface area contributed by atoms with Crippen LogP contribution in [-0.4, -0.2) is 12.2 Å². The van der Waals surface area contributed by atoms with Gasteiger partial charge in [0.25, 0.3) is 0 Å². The zero-order valence-electron chi connectivity index (χ0n) is 6.28. The van der Waals surface area contributed by atoms with Crippen LogP contribution in [0.25, 0.3) is 0 Å². The topological polar surface area (TPSA) is 26.0 Å². The lowest BCUT2D eigenvalue weighted by Gasteiger charge is -2.17. The van der Waals surface area contributed by atoms with E-state index in [0.29, 0.717) is 19.4 Å².